The molecule has 0 saturated carbocycles. The fourth-order valence-corrected chi connectivity index (χ4v) is 2.38. The third-order valence-electron chi connectivity index (χ3n) is 3.47. The molecule has 114 valence electrons. The van der Waals surface area contributed by atoms with Crippen LogP contribution in [0.15, 0.2) is 61.2 Å². The number of hydrogen-bond donors (Lipinski definition) is 1. The van der Waals surface area contributed by atoms with E-state index >= 15 is 0 Å². The van der Waals surface area contributed by atoms with Crippen LogP contribution in [0.1, 0.15) is 5.69 Å². The monoisotopic (exact) mass is 313 g/mol. The van der Waals surface area contributed by atoms with E-state index in [1.807, 2.05) is 42.5 Å². The van der Waals surface area contributed by atoms with Gasteiger partial charge in [-0.3, -0.25) is 5.43 Å². The molecule has 0 aliphatic rings. The van der Waals surface area contributed by atoms with E-state index in [4.69, 9.17) is 0 Å². The van der Waals surface area contributed by atoms with Gasteiger partial charge in [-0.2, -0.15) is 5.26 Å². The minimum atomic E-state index is 0.278. The van der Waals surface area contributed by atoms with Crippen LogP contribution >= 0.6 is 0 Å². The van der Waals surface area contributed by atoms with Gasteiger partial charge in [-0.25, -0.2) is 24.6 Å². The van der Waals surface area contributed by atoms with E-state index in [-0.39, 0.29) is 5.69 Å². The molecule has 0 bridgehead atoms. The van der Waals surface area contributed by atoms with E-state index in [1.165, 1.54) is 6.20 Å². The largest absolute Gasteiger partial charge is 0.273 e. The van der Waals surface area contributed by atoms with Crippen molar-refractivity contribution in [3.63, 3.8) is 0 Å². The maximum absolute atomic E-state index is 9.27. The number of nitrogens with one attached hydrogen (secondary N) is 1. The van der Waals surface area contributed by atoms with Crippen LogP contribution in [-0.2, 0) is 0 Å². The van der Waals surface area contributed by atoms with Crippen LogP contribution in [0.3, 0.4) is 0 Å². The van der Waals surface area contributed by atoms with Crippen molar-refractivity contribution in [3.8, 4) is 17.3 Å². The number of pyridine rings is 1. The Balaban J connectivity index is 1.76. The minimum Gasteiger partial charge on any atom is -0.273 e. The Labute approximate surface area is 137 Å². The lowest BCUT2D eigenvalue weighted by Crippen LogP contribution is -2.11. The number of anilines is 1. The molecule has 0 aliphatic heterocycles. The molecule has 24 heavy (non-hydrogen) atoms. The van der Waals surface area contributed by atoms with Gasteiger partial charge in [-0.1, -0.05) is 30.3 Å². The average Bonchev–Trinajstić information content (AvgIpc) is 3.05. The molecule has 1 N–H and O–H groups in total. The van der Waals surface area contributed by atoms with Crippen LogP contribution in [0.5, 0.6) is 0 Å². The van der Waals surface area contributed by atoms with E-state index in [0.717, 1.165) is 11.1 Å². The van der Waals surface area contributed by atoms with Crippen LogP contribution in [0.4, 0.5) is 5.82 Å². The number of rotatable bonds is 3. The second-order valence-corrected chi connectivity index (χ2v) is 5.00. The van der Waals surface area contributed by atoms with Crippen LogP contribution in [0, 0.1) is 11.3 Å². The highest BCUT2D eigenvalue weighted by molar-refractivity contribution is 5.71. The third kappa shape index (κ3) is 2.42. The summed E-state index contributed by atoms with van der Waals surface area (Å²) >= 11 is 0. The van der Waals surface area contributed by atoms with Crippen molar-refractivity contribution in [2.45, 2.75) is 0 Å². The molecular formula is C17H11N7. The maximum atomic E-state index is 9.27. The van der Waals surface area contributed by atoms with E-state index < -0.39 is 0 Å². The van der Waals surface area contributed by atoms with Gasteiger partial charge in [0.15, 0.2) is 17.2 Å². The van der Waals surface area contributed by atoms with Gasteiger partial charge in [0.2, 0.25) is 0 Å². The van der Waals surface area contributed by atoms with Crippen molar-refractivity contribution in [1.82, 2.24) is 24.6 Å². The van der Waals surface area contributed by atoms with Crippen molar-refractivity contribution >= 4 is 17.0 Å². The highest BCUT2D eigenvalue weighted by atomic mass is 15.5. The van der Waals surface area contributed by atoms with Crippen molar-refractivity contribution < 1.29 is 0 Å². The molecule has 0 amide bonds. The maximum Gasteiger partial charge on any atom is 0.179 e. The van der Waals surface area contributed by atoms with Gasteiger partial charge < -0.3 is 0 Å². The Morgan fingerprint density at radius 3 is 2.71 bits per heavy atom. The fraction of sp³-hybridized carbons (Fsp3) is 0. The smallest absolute Gasteiger partial charge is 0.179 e. The second kappa shape index (κ2) is 5.78. The SMILES string of the molecule is N#Cc1ncc(Nn2cnc3cccnc32)nc1-c1ccccc1. The molecule has 0 aliphatic carbocycles. The van der Waals surface area contributed by atoms with E-state index in [2.05, 4.69) is 31.4 Å². The Kier molecular flexibility index (Phi) is 3.33. The number of aromatic nitrogens is 5. The summed E-state index contributed by atoms with van der Waals surface area (Å²) < 4.78 is 1.67. The minimum absolute atomic E-state index is 0.278. The van der Waals surface area contributed by atoms with Crippen molar-refractivity contribution in [1.29, 1.82) is 5.26 Å². The molecule has 7 heteroatoms. The number of imidazole rings is 1. The van der Waals surface area contributed by atoms with E-state index in [1.54, 1.807) is 17.2 Å². The average molecular weight is 313 g/mol. The first-order chi connectivity index (χ1) is 11.8. The van der Waals surface area contributed by atoms with Gasteiger partial charge >= 0.3 is 0 Å². The summed E-state index contributed by atoms with van der Waals surface area (Å²) in [5, 5.41) is 9.27. The Morgan fingerprint density at radius 1 is 1.00 bits per heavy atom. The Morgan fingerprint density at radius 2 is 1.88 bits per heavy atom. The summed E-state index contributed by atoms with van der Waals surface area (Å²) in [5.74, 6) is 0.498. The molecule has 0 saturated heterocycles. The molecule has 0 atom stereocenters. The van der Waals surface area contributed by atoms with Gasteiger partial charge in [-0.15, -0.1) is 0 Å². The van der Waals surface area contributed by atoms with Crippen molar-refractivity contribution in [2.75, 3.05) is 5.43 Å². The number of hydrogen-bond acceptors (Lipinski definition) is 6. The topological polar surface area (TPSA) is 92.3 Å². The summed E-state index contributed by atoms with van der Waals surface area (Å²) in [6.45, 7) is 0. The van der Waals surface area contributed by atoms with Gasteiger partial charge in [-0.05, 0) is 12.1 Å². The molecule has 0 spiro atoms. The van der Waals surface area contributed by atoms with Gasteiger partial charge in [0.05, 0.1) is 6.20 Å². The molecule has 1 aromatic carbocycles. The highest BCUT2D eigenvalue weighted by Gasteiger charge is 2.10. The molecule has 4 rings (SSSR count). The van der Waals surface area contributed by atoms with Crippen molar-refractivity contribution in [3.05, 3.63) is 66.9 Å². The standard InChI is InChI=1S/C17H11N7/c18-9-14-16(12-5-2-1-3-6-12)22-15(10-20-14)23-24-11-21-13-7-4-8-19-17(13)24/h1-8,10-11H,(H,22,23). The molecule has 3 heterocycles. The quantitative estimate of drug-likeness (QED) is 0.625. The molecular weight excluding hydrogens is 302 g/mol. The number of benzene rings is 1. The van der Waals surface area contributed by atoms with Crippen LogP contribution in [-0.4, -0.2) is 24.6 Å². The zero-order valence-corrected chi connectivity index (χ0v) is 12.5. The lowest BCUT2D eigenvalue weighted by molar-refractivity contribution is 0.947. The van der Waals surface area contributed by atoms with E-state index in [0.29, 0.717) is 17.2 Å². The second-order valence-electron chi connectivity index (χ2n) is 5.00. The van der Waals surface area contributed by atoms with Gasteiger partial charge in [0.25, 0.3) is 0 Å². The predicted molar refractivity (Wildman–Crippen MR) is 88.7 cm³/mol. The molecule has 3 aromatic heterocycles. The first-order valence-electron chi connectivity index (χ1n) is 7.23. The lowest BCUT2D eigenvalue weighted by Gasteiger charge is -2.09. The van der Waals surface area contributed by atoms with Crippen LogP contribution < -0.4 is 5.43 Å². The summed E-state index contributed by atoms with van der Waals surface area (Å²) in [4.78, 5) is 17.3. The predicted octanol–water partition coefficient (Wildman–Crippen LogP) is 2.64. The molecule has 0 radical (unpaired) electrons. The molecule has 4 aromatic rings. The number of nitrogens with zero attached hydrogens (tertiary/aromatic N) is 6. The van der Waals surface area contributed by atoms with Crippen LogP contribution in [0.25, 0.3) is 22.4 Å². The molecule has 0 unspecified atom stereocenters. The zero-order valence-electron chi connectivity index (χ0n) is 12.5. The van der Waals surface area contributed by atoms with E-state index in [9.17, 15) is 5.26 Å². The molecule has 7 nitrogen and oxygen atoms in total. The summed E-state index contributed by atoms with van der Waals surface area (Å²) in [6.07, 6.45) is 4.83. The molecule has 0 fully saturated rings. The summed E-state index contributed by atoms with van der Waals surface area (Å²) in [5.41, 5.74) is 6.19. The number of fused-ring (bicyclic) bond motifs is 1. The number of nitriles is 1. The van der Waals surface area contributed by atoms with Crippen LogP contribution in [0.2, 0.25) is 0 Å². The summed E-state index contributed by atoms with van der Waals surface area (Å²) in [7, 11) is 0. The third-order valence-corrected chi connectivity index (χ3v) is 3.47. The summed E-state index contributed by atoms with van der Waals surface area (Å²) in [6, 6.07) is 15.3. The Hall–Kier alpha value is -3.79. The first-order valence-corrected chi connectivity index (χ1v) is 7.23. The first kappa shape index (κ1) is 13.8. The Bertz CT molecular complexity index is 1050. The zero-order chi connectivity index (χ0) is 16.4. The lowest BCUT2D eigenvalue weighted by atomic mass is 10.1. The van der Waals surface area contributed by atoms with Gasteiger partial charge in [0, 0.05) is 11.8 Å². The van der Waals surface area contributed by atoms with Crippen molar-refractivity contribution in [2.24, 2.45) is 0 Å². The highest BCUT2D eigenvalue weighted by Crippen LogP contribution is 2.21. The normalized spacial score (nSPS) is 10.5. The fourth-order valence-electron chi connectivity index (χ4n) is 2.38. The van der Waals surface area contributed by atoms with Gasteiger partial charge in [0.1, 0.15) is 23.6 Å².